The number of nitrogens with one attached hydrogen (secondary N) is 2. The standard InChI is InChI=1S/C38H37F3N4O7/c1-2-7-30(33(46)35(48)42-23-14-15-23)43-34(47)32-19-37(18-31(44-52-37)22-12-16-24(17-13-22)51-38(39,40)41)21-45(32)36(49)50-20-29-27-10-5-3-8-25(27)26-9-4-6-11-28(26)29/h3-6,8-13,16-17,23,29-30,32H,2,7,14-15,18-21H2,1H3,(H,42,48)(H,43,47)/t30-,32-,37+/m0/s1. The van der Waals surface area contributed by atoms with E-state index >= 15 is 0 Å². The third-order valence-electron chi connectivity index (χ3n) is 9.88. The number of oxime groups is 1. The predicted molar refractivity (Wildman–Crippen MR) is 181 cm³/mol. The fourth-order valence-corrected chi connectivity index (χ4v) is 7.24. The van der Waals surface area contributed by atoms with Crippen LogP contribution in [-0.4, -0.2) is 77.5 Å². The minimum absolute atomic E-state index is 0.00205. The first kappa shape index (κ1) is 35.0. The molecule has 4 aliphatic rings. The van der Waals surface area contributed by atoms with Gasteiger partial charge >= 0.3 is 12.5 Å². The molecule has 2 N–H and O–H groups in total. The molecule has 272 valence electrons. The van der Waals surface area contributed by atoms with Crippen molar-refractivity contribution in [1.29, 1.82) is 0 Å². The summed E-state index contributed by atoms with van der Waals surface area (Å²) in [4.78, 5) is 60.9. The lowest BCUT2D eigenvalue weighted by Crippen LogP contribution is -2.53. The molecule has 1 saturated carbocycles. The highest BCUT2D eigenvalue weighted by Gasteiger charge is 2.55. The van der Waals surface area contributed by atoms with Gasteiger partial charge in [-0.15, -0.1) is 13.2 Å². The van der Waals surface area contributed by atoms with Crippen molar-refractivity contribution in [3.63, 3.8) is 0 Å². The molecule has 2 fully saturated rings. The normalized spacial score (nSPS) is 21.1. The van der Waals surface area contributed by atoms with E-state index < -0.39 is 53.5 Å². The van der Waals surface area contributed by atoms with Gasteiger partial charge in [-0.2, -0.15) is 0 Å². The summed E-state index contributed by atoms with van der Waals surface area (Å²) >= 11 is 0. The second kappa shape index (κ2) is 14.0. The Morgan fingerprint density at radius 1 is 0.981 bits per heavy atom. The lowest BCUT2D eigenvalue weighted by Gasteiger charge is -2.26. The van der Waals surface area contributed by atoms with Crippen LogP contribution in [0.2, 0.25) is 0 Å². The Balaban J connectivity index is 1.10. The number of ketones is 1. The number of alkyl halides is 3. The summed E-state index contributed by atoms with van der Waals surface area (Å²) in [5, 5.41) is 9.59. The minimum atomic E-state index is -4.84. The van der Waals surface area contributed by atoms with Gasteiger partial charge in [0.05, 0.1) is 18.3 Å². The molecule has 0 radical (unpaired) electrons. The first-order chi connectivity index (χ1) is 24.9. The topological polar surface area (TPSA) is 136 Å². The zero-order valence-electron chi connectivity index (χ0n) is 28.3. The number of nitrogens with zero attached hydrogens (tertiary/aromatic N) is 2. The number of benzene rings is 3. The van der Waals surface area contributed by atoms with Crippen molar-refractivity contribution >= 4 is 29.4 Å². The molecule has 2 aliphatic heterocycles. The van der Waals surface area contributed by atoms with Crippen LogP contribution in [0, 0.1) is 0 Å². The molecule has 2 heterocycles. The van der Waals surface area contributed by atoms with Crippen molar-refractivity contribution in [3.8, 4) is 16.9 Å². The first-order valence-electron chi connectivity index (χ1n) is 17.3. The molecule has 52 heavy (non-hydrogen) atoms. The Bertz CT molecular complexity index is 1870. The van der Waals surface area contributed by atoms with Crippen LogP contribution in [0.15, 0.2) is 78.0 Å². The lowest BCUT2D eigenvalue weighted by molar-refractivity contribution is -0.274. The molecule has 0 unspecified atom stereocenters. The summed E-state index contributed by atoms with van der Waals surface area (Å²) in [7, 11) is 0. The maximum absolute atomic E-state index is 14.0. The highest BCUT2D eigenvalue weighted by atomic mass is 19.4. The van der Waals surface area contributed by atoms with Gasteiger partial charge in [-0.25, -0.2) is 4.79 Å². The number of carbonyl (C=O) groups is 4. The second-order valence-corrected chi connectivity index (χ2v) is 13.7. The summed E-state index contributed by atoms with van der Waals surface area (Å²) in [6, 6.07) is 18.6. The smallest absolute Gasteiger partial charge is 0.448 e. The number of fused-ring (bicyclic) bond motifs is 3. The molecule has 11 nitrogen and oxygen atoms in total. The Kier molecular flexibility index (Phi) is 9.40. The number of Topliss-reactive ketones (excluding diaryl/α,β-unsaturated/α-hetero) is 1. The van der Waals surface area contributed by atoms with Crippen LogP contribution in [0.25, 0.3) is 11.1 Å². The molecule has 0 bridgehead atoms. The quantitative estimate of drug-likeness (QED) is 0.247. The monoisotopic (exact) mass is 718 g/mol. The summed E-state index contributed by atoms with van der Waals surface area (Å²) < 4.78 is 48.0. The summed E-state index contributed by atoms with van der Waals surface area (Å²) in [6.45, 7) is 1.72. The van der Waals surface area contributed by atoms with Gasteiger partial charge in [0, 0.05) is 24.8 Å². The largest absolute Gasteiger partial charge is 0.573 e. The minimum Gasteiger partial charge on any atom is -0.448 e. The van der Waals surface area contributed by atoms with Crippen molar-refractivity contribution in [2.24, 2.45) is 5.16 Å². The van der Waals surface area contributed by atoms with Gasteiger partial charge in [0.15, 0.2) is 5.60 Å². The number of hydrogen-bond donors (Lipinski definition) is 2. The summed E-state index contributed by atoms with van der Waals surface area (Å²) in [6.07, 6.45) is -3.21. The predicted octanol–water partition coefficient (Wildman–Crippen LogP) is 5.60. The summed E-state index contributed by atoms with van der Waals surface area (Å²) in [5.41, 5.74) is 3.84. The van der Waals surface area contributed by atoms with Crippen LogP contribution < -0.4 is 15.4 Å². The number of ether oxygens (including phenoxy) is 2. The zero-order chi connectivity index (χ0) is 36.6. The van der Waals surface area contributed by atoms with E-state index in [4.69, 9.17) is 9.57 Å². The molecule has 3 aromatic carbocycles. The summed E-state index contributed by atoms with van der Waals surface area (Å²) in [5.74, 6) is -2.81. The van der Waals surface area contributed by atoms with Gasteiger partial charge < -0.3 is 24.9 Å². The van der Waals surface area contributed by atoms with Gasteiger partial charge in [0.25, 0.3) is 5.91 Å². The van der Waals surface area contributed by atoms with Gasteiger partial charge in [-0.05, 0) is 71.3 Å². The molecular weight excluding hydrogens is 681 g/mol. The highest BCUT2D eigenvalue weighted by molar-refractivity contribution is 6.38. The van der Waals surface area contributed by atoms with E-state index in [1.807, 2.05) is 55.5 Å². The first-order valence-corrected chi connectivity index (χ1v) is 17.3. The van der Waals surface area contributed by atoms with E-state index in [9.17, 15) is 32.3 Å². The molecule has 2 aliphatic carbocycles. The fourth-order valence-electron chi connectivity index (χ4n) is 7.24. The molecule has 0 aromatic heterocycles. The Morgan fingerprint density at radius 2 is 1.63 bits per heavy atom. The second-order valence-electron chi connectivity index (χ2n) is 13.7. The number of likely N-dealkylation sites (tertiary alicyclic amines) is 1. The van der Waals surface area contributed by atoms with Crippen LogP contribution >= 0.6 is 0 Å². The molecular formula is C38H37F3N4O7. The van der Waals surface area contributed by atoms with Crippen LogP contribution in [0.5, 0.6) is 5.75 Å². The van der Waals surface area contributed by atoms with Gasteiger partial charge in [-0.3, -0.25) is 19.3 Å². The Labute approximate surface area is 297 Å². The van der Waals surface area contributed by atoms with E-state index in [1.165, 1.54) is 17.0 Å². The molecule has 1 saturated heterocycles. The molecule has 3 atom stereocenters. The van der Waals surface area contributed by atoms with Crippen molar-refractivity contribution in [1.82, 2.24) is 15.5 Å². The molecule has 1 spiro atoms. The van der Waals surface area contributed by atoms with Crippen LogP contribution in [-0.2, 0) is 24.0 Å². The maximum atomic E-state index is 14.0. The molecule has 7 rings (SSSR count). The Morgan fingerprint density at radius 3 is 2.25 bits per heavy atom. The molecule has 14 heteroatoms. The SMILES string of the molecule is CCC[C@H](NC(=O)[C@@H]1C[C@]2(CC(c3ccc(OC(F)(F)F)cc3)=NO2)CN1C(=O)OCC1c2ccccc2-c2ccccc21)C(=O)C(=O)NC1CC1. The van der Waals surface area contributed by atoms with Crippen LogP contribution in [0.1, 0.15) is 68.1 Å². The fraction of sp³-hybridized carbons (Fsp3) is 0.395. The van der Waals surface area contributed by atoms with Crippen molar-refractivity contribution in [2.75, 3.05) is 13.2 Å². The van der Waals surface area contributed by atoms with Crippen LogP contribution in [0.3, 0.4) is 0 Å². The third kappa shape index (κ3) is 7.32. The van der Waals surface area contributed by atoms with Crippen molar-refractivity contribution in [2.45, 2.75) is 81.5 Å². The number of amides is 3. The van der Waals surface area contributed by atoms with E-state index in [0.29, 0.717) is 17.7 Å². The van der Waals surface area contributed by atoms with Crippen LogP contribution in [0.4, 0.5) is 18.0 Å². The van der Waals surface area contributed by atoms with Gasteiger partial charge in [-0.1, -0.05) is 67.0 Å². The highest BCUT2D eigenvalue weighted by Crippen LogP contribution is 2.45. The van der Waals surface area contributed by atoms with E-state index in [-0.39, 0.29) is 44.4 Å². The average molecular weight is 719 g/mol. The lowest BCUT2D eigenvalue weighted by atomic mass is 9.91. The maximum Gasteiger partial charge on any atom is 0.573 e. The number of hydrogen-bond acceptors (Lipinski definition) is 8. The van der Waals surface area contributed by atoms with Crippen molar-refractivity contribution < 1.29 is 46.7 Å². The van der Waals surface area contributed by atoms with Gasteiger partial charge in [0.1, 0.15) is 18.4 Å². The molecule has 3 aromatic rings. The number of carbonyl (C=O) groups excluding carboxylic acids is 4. The van der Waals surface area contributed by atoms with Gasteiger partial charge in [0.2, 0.25) is 11.7 Å². The number of rotatable bonds is 11. The average Bonchev–Trinajstić information content (AvgIpc) is 3.58. The van der Waals surface area contributed by atoms with E-state index in [1.54, 1.807) is 0 Å². The van der Waals surface area contributed by atoms with E-state index in [2.05, 4.69) is 20.5 Å². The third-order valence-corrected chi connectivity index (χ3v) is 9.88. The van der Waals surface area contributed by atoms with E-state index in [0.717, 1.165) is 47.2 Å². The zero-order valence-corrected chi connectivity index (χ0v) is 28.3. The van der Waals surface area contributed by atoms with Crippen molar-refractivity contribution in [3.05, 3.63) is 89.5 Å². The number of halogens is 3. The molecule has 3 amide bonds. The Hall–Kier alpha value is -5.40.